The van der Waals surface area contributed by atoms with Crippen molar-refractivity contribution < 1.29 is 14.6 Å². The monoisotopic (exact) mass is 335 g/mol. The van der Waals surface area contributed by atoms with Crippen LogP contribution in [0.15, 0.2) is 22.7 Å². The lowest BCUT2D eigenvalue weighted by Gasteiger charge is -2.16. The smallest absolute Gasteiger partial charge is 0.260 e. The van der Waals surface area contributed by atoms with Gasteiger partial charge in [0.2, 0.25) is 0 Å². The Morgan fingerprint density at radius 2 is 2.22 bits per heavy atom. The van der Waals surface area contributed by atoms with E-state index in [1.807, 2.05) is 0 Å². The predicted octanol–water partition coefficient (Wildman–Crippen LogP) is 2.37. The maximum absolute atomic E-state index is 11.6. The van der Waals surface area contributed by atoms with E-state index in [1.165, 1.54) is 0 Å². The molecule has 0 aliphatic heterocycles. The van der Waals surface area contributed by atoms with E-state index in [-0.39, 0.29) is 12.5 Å². The van der Waals surface area contributed by atoms with Crippen molar-refractivity contribution >= 4 is 33.4 Å². The Labute approximate surface area is 119 Å². The first-order valence-electron chi connectivity index (χ1n) is 5.47. The van der Waals surface area contributed by atoms with Crippen molar-refractivity contribution in [1.29, 1.82) is 0 Å². The number of aliphatic hydroxyl groups excluding tert-OH is 1. The van der Waals surface area contributed by atoms with Crippen LogP contribution in [-0.4, -0.2) is 29.8 Å². The van der Waals surface area contributed by atoms with Crippen LogP contribution in [-0.2, 0) is 4.79 Å². The van der Waals surface area contributed by atoms with Gasteiger partial charge in [0, 0.05) is 11.6 Å². The SMILES string of the molecule is CC(Oc1ccc(Cl)cc1Br)C(=O)NC[C@H](C)O. The van der Waals surface area contributed by atoms with E-state index in [0.717, 1.165) is 0 Å². The van der Waals surface area contributed by atoms with Crippen molar-refractivity contribution in [2.24, 2.45) is 0 Å². The molecule has 2 N–H and O–H groups in total. The molecule has 0 aliphatic carbocycles. The third kappa shape index (κ3) is 4.84. The van der Waals surface area contributed by atoms with E-state index >= 15 is 0 Å². The van der Waals surface area contributed by atoms with Gasteiger partial charge in [-0.05, 0) is 48.0 Å². The second-order valence-corrected chi connectivity index (χ2v) is 5.22. The van der Waals surface area contributed by atoms with Gasteiger partial charge in [0.15, 0.2) is 6.10 Å². The number of nitrogens with one attached hydrogen (secondary N) is 1. The Bertz CT molecular complexity index is 426. The standard InChI is InChI=1S/C12H15BrClNO3/c1-7(16)6-15-12(17)8(2)18-11-4-3-9(14)5-10(11)13/h3-5,7-8,16H,6H2,1-2H3,(H,15,17)/t7-,8?/m0/s1. The first kappa shape index (κ1) is 15.3. The molecular formula is C12H15BrClNO3. The minimum absolute atomic E-state index is 0.203. The molecule has 0 fully saturated rings. The summed E-state index contributed by atoms with van der Waals surface area (Å²) < 4.78 is 6.18. The van der Waals surface area contributed by atoms with Gasteiger partial charge in [0.1, 0.15) is 5.75 Å². The molecule has 0 saturated carbocycles. The molecule has 0 bridgehead atoms. The van der Waals surface area contributed by atoms with Crippen LogP contribution in [0.5, 0.6) is 5.75 Å². The summed E-state index contributed by atoms with van der Waals surface area (Å²) in [6.45, 7) is 3.44. The Kier molecular flexibility index (Phi) is 5.91. The molecular weight excluding hydrogens is 321 g/mol. The number of halogens is 2. The van der Waals surface area contributed by atoms with Crippen LogP contribution in [0.1, 0.15) is 13.8 Å². The molecule has 1 rings (SSSR count). The van der Waals surface area contributed by atoms with Gasteiger partial charge in [-0.25, -0.2) is 0 Å². The molecule has 0 aliphatic rings. The van der Waals surface area contributed by atoms with E-state index in [0.29, 0.717) is 15.2 Å². The van der Waals surface area contributed by atoms with Gasteiger partial charge in [0.25, 0.3) is 5.91 Å². The first-order chi connectivity index (χ1) is 8.40. The average molecular weight is 337 g/mol. The maximum atomic E-state index is 11.6. The number of aliphatic hydroxyl groups is 1. The molecule has 6 heteroatoms. The lowest BCUT2D eigenvalue weighted by Crippen LogP contribution is -2.39. The summed E-state index contributed by atoms with van der Waals surface area (Å²) in [5.74, 6) is 0.261. The highest BCUT2D eigenvalue weighted by molar-refractivity contribution is 9.10. The number of hydrogen-bond acceptors (Lipinski definition) is 3. The predicted molar refractivity (Wildman–Crippen MR) is 73.9 cm³/mol. The third-order valence-corrected chi connectivity index (χ3v) is 2.99. The number of carbonyl (C=O) groups excluding carboxylic acids is 1. The van der Waals surface area contributed by atoms with Crippen LogP contribution in [0.4, 0.5) is 0 Å². The molecule has 1 unspecified atom stereocenters. The number of carbonyl (C=O) groups is 1. The molecule has 0 saturated heterocycles. The summed E-state index contributed by atoms with van der Waals surface area (Å²) in [6.07, 6.45) is -1.23. The largest absolute Gasteiger partial charge is 0.480 e. The van der Waals surface area contributed by atoms with Gasteiger partial charge >= 0.3 is 0 Å². The fourth-order valence-corrected chi connectivity index (χ4v) is 1.98. The van der Waals surface area contributed by atoms with Gasteiger partial charge in [-0.15, -0.1) is 0 Å². The number of rotatable bonds is 5. The highest BCUT2D eigenvalue weighted by Crippen LogP contribution is 2.28. The summed E-state index contributed by atoms with van der Waals surface area (Å²) in [7, 11) is 0. The number of hydrogen-bond donors (Lipinski definition) is 2. The zero-order chi connectivity index (χ0) is 13.7. The Morgan fingerprint density at radius 3 is 2.78 bits per heavy atom. The number of amides is 1. The van der Waals surface area contributed by atoms with E-state index in [2.05, 4.69) is 21.2 Å². The van der Waals surface area contributed by atoms with Crippen molar-refractivity contribution in [3.05, 3.63) is 27.7 Å². The first-order valence-corrected chi connectivity index (χ1v) is 6.64. The van der Waals surface area contributed by atoms with Crippen molar-refractivity contribution in [2.45, 2.75) is 26.1 Å². The third-order valence-electron chi connectivity index (χ3n) is 2.14. The molecule has 1 aromatic rings. The maximum Gasteiger partial charge on any atom is 0.260 e. The van der Waals surface area contributed by atoms with Gasteiger partial charge in [-0.2, -0.15) is 0 Å². The molecule has 100 valence electrons. The summed E-state index contributed by atoms with van der Waals surface area (Å²) in [5, 5.41) is 12.2. The topological polar surface area (TPSA) is 58.6 Å². The summed E-state index contributed by atoms with van der Waals surface area (Å²) in [5.41, 5.74) is 0. The fourth-order valence-electron chi connectivity index (χ4n) is 1.21. The minimum Gasteiger partial charge on any atom is -0.480 e. The van der Waals surface area contributed by atoms with Gasteiger partial charge in [-0.1, -0.05) is 11.6 Å². The van der Waals surface area contributed by atoms with Crippen LogP contribution < -0.4 is 10.1 Å². The molecule has 2 atom stereocenters. The number of benzene rings is 1. The Balaban J connectivity index is 2.58. The fraction of sp³-hybridized carbons (Fsp3) is 0.417. The van der Waals surface area contributed by atoms with E-state index < -0.39 is 12.2 Å². The van der Waals surface area contributed by atoms with Gasteiger partial charge in [0.05, 0.1) is 10.6 Å². The average Bonchev–Trinajstić information content (AvgIpc) is 2.29. The highest BCUT2D eigenvalue weighted by atomic mass is 79.9. The summed E-state index contributed by atoms with van der Waals surface area (Å²) in [6, 6.07) is 5.06. The molecule has 4 nitrogen and oxygen atoms in total. The Hall–Kier alpha value is -0.780. The van der Waals surface area contributed by atoms with Crippen LogP contribution in [0.2, 0.25) is 5.02 Å². The van der Waals surface area contributed by atoms with Crippen LogP contribution in [0, 0.1) is 0 Å². The highest BCUT2D eigenvalue weighted by Gasteiger charge is 2.16. The van der Waals surface area contributed by atoms with Crippen molar-refractivity contribution in [3.63, 3.8) is 0 Å². The van der Waals surface area contributed by atoms with Crippen LogP contribution in [0.3, 0.4) is 0 Å². The van der Waals surface area contributed by atoms with Gasteiger partial charge in [-0.3, -0.25) is 4.79 Å². The zero-order valence-electron chi connectivity index (χ0n) is 10.1. The quantitative estimate of drug-likeness (QED) is 0.868. The van der Waals surface area contributed by atoms with Crippen molar-refractivity contribution in [3.8, 4) is 5.75 Å². The molecule has 0 heterocycles. The second kappa shape index (κ2) is 6.97. The van der Waals surface area contributed by atoms with Crippen molar-refractivity contribution in [1.82, 2.24) is 5.32 Å². The zero-order valence-corrected chi connectivity index (χ0v) is 12.5. The summed E-state index contributed by atoms with van der Waals surface area (Å²) in [4.78, 5) is 11.6. The van der Waals surface area contributed by atoms with Crippen LogP contribution >= 0.6 is 27.5 Å². The second-order valence-electron chi connectivity index (χ2n) is 3.93. The lowest BCUT2D eigenvalue weighted by atomic mass is 10.3. The van der Waals surface area contributed by atoms with Gasteiger partial charge < -0.3 is 15.2 Å². The molecule has 18 heavy (non-hydrogen) atoms. The molecule has 0 radical (unpaired) electrons. The van der Waals surface area contributed by atoms with E-state index in [9.17, 15) is 4.79 Å². The van der Waals surface area contributed by atoms with E-state index in [4.69, 9.17) is 21.4 Å². The minimum atomic E-state index is -0.652. The normalized spacial score (nSPS) is 13.8. The van der Waals surface area contributed by atoms with Crippen molar-refractivity contribution in [2.75, 3.05) is 6.54 Å². The van der Waals surface area contributed by atoms with Crippen LogP contribution in [0.25, 0.3) is 0 Å². The van der Waals surface area contributed by atoms with E-state index in [1.54, 1.807) is 32.0 Å². The molecule has 1 amide bonds. The molecule has 1 aromatic carbocycles. The molecule has 0 aromatic heterocycles. The Morgan fingerprint density at radius 1 is 1.56 bits per heavy atom. The molecule has 0 spiro atoms. The number of ether oxygens (including phenoxy) is 1. The lowest BCUT2D eigenvalue weighted by molar-refractivity contribution is -0.127. The summed E-state index contributed by atoms with van der Waals surface area (Å²) >= 11 is 9.11.